The van der Waals surface area contributed by atoms with E-state index in [1.54, 1.807) is 7.05 Å². The predicted octanol–water partition coefficient (Wildman–Crippen LogP) is 5.00. The van der Waals surface area contributed by atoms with Gasteiger partial charge in [0, 0.05) is 9.50 Å². The maximum Gasteiger partial charge on any atom is 0.160 e. The standard InChI is InChI=1S/C15H13BrClF2N/c1-8-3-4-9(16)5-10(8)15(20-2)11-6-13(18)14(19)7-12(11)17/h3-7,15,20H,1-2H3. The van der Waals surface area contributed by atoms with Crippen molar-refractivity contribution in [1.29, 1.82) is 0 Å². The van der Waals surface area contributed by atoms with E-state index in [1.165, 1.54) is 0 Å². The smallest absolute Gasteiger partial charge is 0.160 e. The van der Waals surface area contributed by atoms with Gasteiger partial charge in [0.25, 0.3) is 0 Å². The monoisotopic (exact) mass is 359 g/mol. The highest BCUT2D eigenvalue weighted by atomic mass is 79.9. The van der Waals surface area contributed by atoms with Crippen molar-refractivity contribution < 1.29 is 8.78 Å². The summed E-state index contributed by atoms with van der Waals surface area (Å²) in [6.45, 7) is 1.96. The van der Waals surface area contributed by atoms with Crippen LogP contribution in [0.25, 0.3) is 0 Å². The van der Waals surface area contributed by atoms with Gasteiger partial charge in [-0.25, -0.2) is 8.78 Å². The molecule has 20 heavy (non-hydrogen) atoms. The van der Waals surface area contributed by atoms with E-state index in [0.717, 1.165) is 27.7 Å². The third-order valence-electron chi connectivity index (χ3n) is 3.19. The molecular weight excluding hydrogens is 348 g/mol. The minimum atomic E-state index is -0.945. The van der Waals surface area contributed by atoms with Gasteiger partial charge in [-0.1, -0.05) is 33.6 Å². The molecule has 1 nitrogen and oxygen atoms in total. The van der Waals surface area contributed by atoms with E-state index in [1.807, 2.05) is 25.1 Å². The quantitative estimate of drug-likeness (QED) is 0.760. The van der Waals surface area contributed by atoms with Gasteiger partial charge in [0.15, 0.2) is 11.6 Å². The molecule has 0 saturated carbocycles. The van der Waals surface area contributed by atoms with Crippen LogP contribution in [0.3, 0.4) is 0 Å². The molecule has 0 spiro atoms. The van der Waals surface area contributed by atoms with Gasteiger partial charge in [-0.2, -0.15) is 0 Å². The third-order valence-corrected chi connectivity index (χ3v) is 4.01. The van der Waals surface area contributed by atoms with Gasteiger partial charge in [-0.3, -0.25) is 0 Å². The first-order valence-electron chi connectivity index (χ1n) is 6.01. The number of hydrogen-bond donors (Lipinski definition) is 1. The number of hydrogen-bond acceptors (Lipinski definition) is 1. The summed E-state index contributed by atoms with van der Waals surface area (Å²) in [5.74, 6) is -1.85. The van der Waals surface area contributed by atoms with Crippen molar-refractivity contribution >= 4 is 27.5 Å². The van der Waals surface area contributed by atoms with Crippen LogP contribution >= 0.6 is 27.5 Å². The number of rotatable bonds is 3. The van der Waals surface area contributed by atoms with E-state index >= 15 is 0 Å². The molecule has 0 amide bonds. The second-order valence-electron chi connectivity index (χ2n) is 4.51. The largest absolute Gasteiger partial charge is 0.309 e. The van der Waals surface area contributed by atoms with Gasteiger partial charge in [-0.05, 0) is 54.9 Å². The lowest BCUT2D eigenvalue weighted by molar-refractivity contribution is 0.505. The van der Waals surface area contributed by atoms with Gasteiger partial charge in [0.2, 0.25) is 0 Å². The van der Waals surface area contributed by atoms with E-state index in [0.29, 0.717) is 5.56 Å². The van der Waals surface area contributed by atoms with Crippen LogP contribution in [-0.4, -0.2) is 7.05 Å². The van der Waals surface area contributed by atoms with Crippen LogP contribution in [-0.2, 0) is 0 Å². The summed E-state index contributed by atoms with van der Waals surface area (Å²) in [7, 11) is 1.75. The van der Waals surface area contributed by atoms with Gasteiger partial charge in [0.05, 0.1) is 6.04 Å². The predicted molar refractivity (Wildman–Crippen MR) is 81.1 cm³/mol. The Balaban J connectivity index is 2.58. The summed E-state index contributed by atoms with van der Waals surface area (Å²) in [5, 5.41) is 3.29. The van der Waals surface area contributed by atoms with E-state index < -0.39 is 11.6 Å². The summed E-state index contributed by atoms with van der Waals surface area (Å²) >= 11 is 9.47. The molecule has 0 radical (unpaired) electrons. The van der Waals surface area contributed by atoms with Crippen LogP contribution in [0.4, 0.5) is 8.78 Å². The molecule has 1 unspecified atom stereocenters. The molecule has 0 fully saturated rings. The zero-order valence-corrected chi connectivity index (χ0v) is 13.3. The summed E-state index contributed by atoms with van der Waals surface area (Å²) < 4.78 is 27.6. The molecule has 0 aliphatic rings. The van der Waals surface area contributed by atoms with E-state index in [9.17, 15) is 8.78 Å². The van der Waals surface area contributed by atoms with Gasteiger partial charge in [0.1, 0.15) is 0 Å². The Morgan fingerprint density at radius 3 is 2.40 bits per heavy atom. The number of halogens is 4. The molecule has 0 saturated heterocycles. The average molecular weight is 361 g/mol. The fourth-order valence-electron chi connectivity index (χ4n) is 2.16. The number of benzene rings is 2. The second-order valence-corrected chi connectivity index (χ2v) is 5.83. The fraction of sp³-hybridized carbons (Fsp3) is 0.200. The molecule has 0 aromatic heterocycles. The Morgan fingerprint density at radius 1 is 1.10 bits per heavy atom. The molecular formula is C15H13BrClF2N. The highest BCUT2D eigenvalue weighted by molar-refractivity contribution is 9.10. The lowest BCUT2D eigenvalue weighted by Crippen LogP contribution is -2.19. The lowest BCUT2D eigenvalue weighted by Gasteiger charge is -2.21. The van der Waals surface area contributed by atoms with Crippen molar-refractivity contribution in [2.75, 3.05) is 7.05 Å². The second kappa shape index (κ2) is 6.20. The van der Waals surface area contributed by atoms with Crippen molar-refractivity contribution in [3.05, 3.63) is 68.2 Å². The van der Waals surface area contributed by atoms with Crippen molar-refractivity contribution in [2.45, 2.75) is 13.0 Å². The first-order valence-corrected chi connectivity index (χ1v) is 7.19. The van der Waals surface area contributed by atoms with E-state index in [4.69, 9.17) is 11.6 Å². The summed E-state index contributed by atoms with van der Waals surface area (Å²) in [4.78, 5) is 0. The molecule has 1 atom stereocenters. The molecule has 1 N–H and O–H groups in total. The normalized spacial score (nSPS) is 12.5. The summed E-state index contributed by atoms with van der Waals surface area (Å²) in [5.41, 5.74) is 2.50. The van der Waals surface area contributed by atoms with Crippen LogP contribution in [0.5, 0.6) is 0 Å². The topological polar surface area (TPSA) is 12.0 Å². The zero-order valence-electron chi connectivity index (χ0n) is 11.0. The SMILES string of the molecule is CNC(c1cc(Br)ccc1C)c1cc(F)c(F)cc1Cl. The highest BCUT2D eigenvalue weighted by Gasteiger charge is 2.20. The van der Waals surface area contributed by atoms with Crippen LogP contribution in [0.2, 0.25) is 5.02 Å². The first kappa shape index (κ1) is 15.4. The number of aryl methyl sites for hydroxylation is 1. The zero-order chi connectivity index (χ0) is 14.9. The van der Waals surface area contributed by atoms with E-state index in [-0.39, 0.29) is 11.1 Å². The van der Waals surface area contributed by atoms with Crippen molar-refractivity contribution in [3.8, 4) is 0 Å². The Hall–Kier alpha value is -0.970. The van der Waals surface area contributed by atoms with Crippen molar-refractivity contribution in [2.24, 2.45) is 0 Å². The fourth-order valence-corrected chi connectivity index (χ4v) is 2.80. The molecule has 5 heteroatoms. The number of nitrogens with one attached hydrogen (secondary N) is 1. The molecule has 0 aliphatic carbocycles. The van der Waals surface area contributed by atoms with E-state index in [2.05, 4.69) is 21.2 Å². The summed E-state index contributed by atoms with van der Waals surface area (Å²) in [6.07, 6.45) is 0. The first-order chi connectivity index (χ1) is 9.43. The Labute approximate surface area is 130 Å². The third kappa shape index (κ3) is 3.03. The summed E-state index contributed by atoms with van der Waals surface area (Å²) in [6, 6.07) is 7.66. The van der Waals surface area contributed by atoms with Crippen molar-refractivity contribution in [3.63, 3.8) is 0 Å². The minimum Gasteiger partial charge on any atom is -0.309 e. The van der Waals surface area contributed by atoms with Crippen LogP contribution in [0.1, 0.15) is 22.7 Å². The molecule has 106 valence electrons. The van der Waals surface area contributed by atoms with Gasteiger partial charge < -0.3 is 5.32 Å². The van der Waals surface area contributed by atoms with Crippen LogP contribution in [0.15, 0.2) is 34.8 Å². The Bertz CT molecular complexity index is 646. The molecule has 2 aromatic rings. The molecule has 0 aliphatic heterocycles. The molecule has 2 rings (SSSR count). The Kier molecular flexibility index (Phi) is 4.78. The lowest BCUT2D eigenvalue weighted by atomic mass is 9.95. The molecule has 0 bridgehead atoms. The van der Waals surface area contributed by atoms with Crippen molar-refractivity contribution in [1.82, 2.24) is 5.32 Å². The van der Waals surface area contributed by atoms with Crippen LogP contribution in [0, 0.1) is 18.6 Å². The maximum atomic E-state index is 13.5. The molecule has 0 heterocycles. The maximum absolute atomic E-state index is 13.5. The Morgan fingerprint density at radius 2 is 1.75 bits per heavy atom. The van der Waals surface area contributed by atoms with Gasteiger partial charge >= 0.3 is 0 Å². The van der Waals surface area contributed by atoms with Crippen LogP contribution < -0.4 is 5.32 Å². The highest BCUT2D eigenvalue weighted by Crippen LogP contribution is 2.32. The minimum absolute atomic E-state index is 0.197. The van der Waals surface area contributed by atoms with Gasteiger partial charge in [-0.15, -0.1) is 0 Å². The average Bonchev–Trinajstić information content (AvgIpc) is 2.40. The molecule has 2 aromatic carbocycles.